The summed E-state index contributed by atoms with van der Waals surface area (Å²) >= 11 is 5.29. The van der Waals surface area contributed by atoms with Crippen LogP contribution in [-0.4, -0.2) is 18.3 Å². The Morgan fingerprint density at radius 2 is 1.83 bits per heavy atom. The molecule has 0 heterocycles. The predicted octanol–water partition coefficient (Wildman–Crippen LogP) is 4.23. The quantitative estimate of drug-likeness (QED) is 0.614. The summed E-state index contributed by atoms with van der Waals surface area (Å²) in [7, 11) is 0. The van der Waals surface area contributed by atoms with Crippen LogP contribution in [0.25, 0.3) is 0 Å². The first-order valence-corrected chi connectivity index (χ1v) is 8.33. The molecule has 0 radical (unpaired) electrons. The van der Waals surface area contributed by atoms with Crippen LogP contribution in [0.4, 0.5) is 5.69 Å². The van der Waals surface area contributed by atoms with Crippen molar-refractivity contribution < 1.29 is 4.74 Å². The van der Waals surface area contributed by atoms with Gasteiger partial charge in [0.05, 0.1) is 6.54 Å². The van der Waals surface area contributed by atoms with Gasteiger partial charge >= 0.3 is 0 Å². The van der Waals surface area contributed by atoms with Crippen molar-refractivity contribution in [3.05, 3.63) is 59.2 Å². The van der Waals surface area contributed by atoms with Gasteiger partial charge in [-0.3, -0.25) is 0 Å². The first-order valence-electron chi connectivity index (χ1n) is 7.92. The minimum Gasteiger partial charge on any atom is -0.491 e. The summed E-state index contributed by atoms with van der Waals surface area (Å²) in [6.45, 7) is 7.51. The average Bonchev–Trinajstić information content (AvgIpc) is 2.54. The lowest BCUT2D eigenvalue weighted by molar-refractivity contribution is 0.320. The van der Waals surface area contributed by atoms with Crippen molar-refractivity contribution in [2.24, 2.45) is 0 Å². The summed E-state index contributed by atoms with van der Waals surface area (Å²) in [6, 6.07) is 14.5. The number of hydrogen-bond donors (Lipinski definition) is 2. The van der Waals surface area contributed by atoms with E-state index in [1.807, 2.05) is 18.2 Å². The third kappa shape index (κ3) is 5.57. The number of thiocarbonyl (C=S) groups is 1. The molecule has 0 atom stereocenters. The summed E-state index contributed by atoms with van der Waals surface area (Å²) in [6.07, 6.45) is 1.04. The Labute approximate surface area is 144 Å². The fourth-order valence-corrected chi connectivity index (χ4v) is 2.51. The summed E-state index contributed by atoms with van der Waals surface area (Å²) < 4.78 is 5.77. The molecule has 0 bridgehead atoms. The molecule has 122 valence electrons. The first kappa shape index (κ1) is 17.3. The Hall–Kier alpha value is -2.07. The second kappa shape index (κ2) is 8.53. The van der Waals surface area contributed by atoms with Crippen molar-refractivity contribution in [2.45, 2.75) is 27.2 Å². The smallest absolute Gasteiger partial charge is 0.170 e. The standard InChI is InChI=1S/C19H24N2OS/c1-4-16-6-8-17(9-7-16)21-19(23)20-11-12-22-18-10-5-14(2)13-15(18)3/h5-10,13H,4,11-12H2,1-3H3,(H2,20,21,23). The Balaban J connectivity index is 1.72. The van der Waals surface area contributed by atoms with E-state index in [4.69, 9.17) is 17.0 Å². The van der Waals surface area contributed by atoms with E-state index in [1.54, 1.807) is 0 Å². The van der Waals surface area contributed by atoms with Gasteiger partial charge in [0, 0.05) is 5.69 Å². The van der Waals surface area contributed by atoms with Crippen molar-refractivity contribution in [3.63, 3.8) is 0 Å². The number of nitrogens with one attached hydrogen (secondary N) is 2. The molecule has 2 rings (SSSR count). The molecule has 0 unspecified atom stereocenters. The monoisotopic (exact) mass is 328 g/mol. The van der Waals surface area contributed by atoms with Gasteiger partial charge in [-0.1, -0.05) is 36.8 Å². The first-order chi connectivity index (χ1) is 11.1. The topological polar surface area (TPSA) is 33.3 Å². The average molecular weight is 328 g/mol. The highest BCUT2D eigenvalue weighted by atomic mass is 32.1. The Kier molecular flexibility index (Phi) is 6.41. The number of rotatable bonds is 6. The van der Waals surface area contributed by atoms with Crippen molar-refractivity contribution in [2.75, 3.05) is 18.5 Å². The highest BCUT2D eigenvalue weighted by molar-refractivity contribution is 7.80. The van der Waals surface area contributed by atoms with Crippen molar-refractivity contribution in [3.8, 4) is 5.75 Å². The van der Waals surface area contributed by atoms with Crippen LogP contribution in [0.2, 0.25) is 0 Å². The van der Waals surface area contributed by atoms with Crippen LogP contribution in [0.15, 0.2) is 42.5 Å². The van der Waals surface area contributed by atoms with Crippen LogP contribution in [0.1, 0.15) is 23.6 Å². The third-order valence-corrected chi connectivity index (χ3v) is 3.84. The zero-order chi connectivity index (χ0) is 16.7. The molecule has 0 fully saturated rings. The largest absolute Gasteiger partial charge is 0.491 e. The van der Waals surface area contributed by atoms with E-state index in [2.05, 4.69) is 55.7 Å². The van der Waals surface area contributed by atoms with Crippen LogP contribution >= 0.6 is 12.2 Å². The Bertz CT molecular complexity index is 653. The molecule has 23 heavy (non-hydrogen) atoms. The molecule has 3 nitrogen and oxygen atoms in total. The third-order valence-electron chi connectivity index (χ3n) is 3.60. The van der Waals surface area contributed by atoms with Crippen LogP contribution in [-0.2, 0) is 6.42 Å². The molecule has 2 N–H and O–H groups in total. The molecular weight excluding hydrogens is 304 g/mol. The normalized spacial score (nSPS) is 10.2. The van der Waals surface area contributed by atoms with Crippen molar-refractivity contribution >= 4 is 23.0 Å². The number of ether oxygens (including phenoxy) is 1. The van der Waals surface area contributed by atoms with E-state index in [0.717, 1.165) is 23.4 Å². The molecule has 0 saturated heterocycles. The van der Waals surface area contributed by atoms with E-state index in [0.29, 0.717) is 18.3 Å². The van der Waals surface area contributed by atoms with E-state index in [1.165, 1.54) is 11.1 Å². The fraction of sp³-hybridized carbons (Fsp3) is 0.316. The molecule has 4 heteroatoms. The van der Waals surface area contributed by atoms with Gasteiger partial charge in [-0.2, -0.15) is 0 Å². The maximum atomic E-state index is 5.77. The van der Waals surface area contributed by atoms with E-state index >= 15 is 0 Å². The van der Waals surface area contributed by atoms with E-state index in [-0.39, 0.29) is 0 Å². The Morgan fingerprint density at radius 1 is 1.09 bits per heavy atom. The summed E-state index contributed by atoms with van der Waals surface area (Å²) in [5.74, 6) is 0.923. The number of benzene rings is 2. The maximum absolute atomic E-state index is 5.77. The molecule has 0 aliphatic rings. The highest BCUT2D eigenvalue weighted by Gasteiger charge is 2.01. The summed E-state index contributed by atoms with van der Waals surface area (Å²) in [5, 5.41) is 6.94. The molecule has 0 spiro atoms. The zero-order valence-corrected chi connectivity index (χ0v) is 14.8. The molecular formula is C19H24N2OS. The maximum Gasteiger partial charge on any atom is 0.170 e. The lowest BCUT2D eigenvalue weighted by Crippen LogP contribution is -2.32. The second-order valence-electron chi connectivity index (χ2n) is 5.55. The minimum absolute atomic E-state index is 0.570. The van der Waals surface area contributed by atoms with Gasteiger partial charge in [-0.25, -0.2) is 0 Å². The van der Waals surface area contributed by atoms with Gasteiger partial charge in [0.25, 0.3) is 0 Å². The molecule has 2 aromatic rings. The van der Waals surface area contributed by atoms with E-state index in [9.17, 15) is 0 Å². The van der Waals surface area contributed by atoms with Crippen molar-refractivity contribution in [1.82, 2.24) is 5.32 Å². The lowest BCUT2D eigenvalue weighted by Gasteiger charge is -2.13. The highest BCUT2D eigenvalue weighted by Crippen LogP contribution is 2.18. The molecule has 0 saturated carbocycles. The lowest BCUT2D eigenvalue weighted by atomic mass is 10.1. The minimum atomic E-state index is 0.570. The Morgan fingerprint density at radius 3 is 2.48 bits per heavy atom. The van der Waals surface area contributed by atoms with Gasteiger partial charge in [-0.05, 0) is 61.8 Å². The van der Waals surface area contributed by atoms with Crippen molar-refractivity contribution in [1.29, 1.82) is 0 Å². The van der Waals surface area contributed by atoms with Gasteiger partial charge in [-0.15, -0.1) is 0 Å². The van der Waals surface area contributed by atoms with Gasteiger partial charge < -0.3 is 15.4 Å². The van der Waals surface area contributed by atoms with Crippen LogP contribution in [0, 0.1) is 13.8 Å². The number of hydrogen-bond acceptors (Lipinski definition) is 2. The van der Waals surface area contributed by atoms with Crippen LogP contribution in [0.5, 0.6) is 5.75 Å². The second-order valence-corrected chi connectivity index (χ2v) is 5.96. The molecule has 0 aromatic heterocycles. The van der Waals surface area contributed by atoms with Gasteiger partial charge in [0.1, 0.15) is 12.4 Å². The zero-order valence-electron chi connectivity index (χ0n) is 14.0. The van der Waals surface area contributed by atoms with E-state index < -0.39 is 0 Å². The number of anilines is 1. The summed E-state index contributed by atoms with van der Waals surface area (Å²) in [5.41, 5.74) is 4.71. The molecule has 0 amide bonds. The fourth-order valence-electron chi connectivity index (χ4n) is 2.29. The van der Waals surface area contributed by atoms with Gasteiger partial charge in [0.15, 0.2) is 5.11 Å². The van der Waals surface area contributed by atoms with Gasteiger partial charge in [0.2, 0.25) is 0 Å². The molecule has 2 aromatic carbocycles. The predicted molar refractivity (Wildman–Crippen MR) is 101 cm³/mol. The van der Waals surface area contributed by atoms with Crippen LogP contribution < -0.4 is 15.4 Å². The summed E-state index contributed by atoms with van der Waals surface area (Å²) in [4.78, 5) is 0. The molecule has 0 aliphatic heterocycles. The SMILES string of the molecule is CCc1ccc(NC(=S)NCCOc2ccc(C)cc2C)cc1. The number of aryl methyl sites for hydroxylation is 3. The molecule has 0 aliphatic carbocycles. The van der Waals surface area contributed by atoms with Crippen LogP contribution in [0.3, 0.4) is 0 Å².